The van der Waals surface area contributed by atoms with E-state index in [0.29, 0.717) is 12.3 Å². The lowest BCUT2D eigenvalue weighted by molar-refractivity contribution is 0.0691. The van der Waals surface area contributed by atoms with Gasteiger partial charge in [-0.3, -0.25) is 4.68 Å². The van der Waals surface area contributed by atoms with E-state index < -0.39 is 5.97 Å². The molecule has 158 valence electrons. The van der Waals surface area contributed by atoms with E-state index in [1.807, 2.05) is 16.8 Å². The van der Waals surface area contributed by atoms with Gasteiger partial charge in [0.05, 0.1) is 5.52 Å². The Hall–Kier alpha value is -3.64. The highest BCUT2D eigenvalue weighted by atomic mass is 16.5. The minimum absolute atomic E-state index is 0.134. The minimum Gasteiger partial charge on any atom is -0.486 e. The van der Waals surface area contributed by atoms with Gasteiger partial charge in [-0.1, -0.05) is 36.4 Å². The van der Waals surface area contributed by atoms with Gasteiger partial charge in [-0.05, 0) is 60.9 Å². The minimum atomic E-state index is -1.02. The average Bonchev–Trinajstić information content (AvgIpc) is 3.16. The molecule has 0 atom stereocenters. The van der Waals surface area contributed by atoms with E-state index >= 15 is 0 Å². The molecule has 3 N–H and O–H groups in total. The number of carboxylic acids is 1. The molecule has 1 aromatic heterocycles. The fourth-order valence-electron chi connectivity index (χ4n) is 3.68. The first kappa shape index (κ1) is 20.6. The lowest BCUT2D eigenvalue weighted by Crippen LogP contribution is -2.06. The van der Waals surface area contributed by atoms with Crippen molar-refractivity contribution in [2.45, 2.75) is 33.0 Å². The molecule has 3 aromatic carbocycles. The van der Waals surface area contributed by atoms with Gasteiger partial charge in [0.15, 0.2) is 0 Å². The molecule has 6 nitrogen and oxygen atoms in total. The first-order valence-corrected chi connectivity index (χ1v) is 10.2. The van der Waals surface area contributed by atoms with E-state index in [9.17, 15) is 9.90 Å². The Labute approximate surface area is 180 Å². The van der Waals surface area contributed by atoms with Gasteiger partial charge in [-0.15, -0.1) is 0 Å². The van der Waals surface area contributed by atoms with Gasteiger partial charge in [0, 0.05) is 18.0 Å². The molecule has 0 saturated heterocycles. The third kappa shape index (κ3) is 4.15. The number of nitrogens with zero attached hydrogens (tertiary/aromatic N) is 2. The number of aromatic nitrogens is 2. The average molecular weight is 415 g/mol. The van der Waals surface area contributed by atoms with Crippen LogP contribution >= 0.6 is 0 Å². The van der Waals surface area contributed by atoms with Crippen LogP contribution in [0.3, 0.4) is 0 Å². The highest BCUT2D eigenvalue weighted by Crippen LogP contribution is 2.30. The number of nitrogens with two attached hydrogens (primary N) is 1. The van der Waals surface area contributed by atoms with Crippen LogP contribution in [0.1, 0.15) is 41.5 Å². The van der Waals surface area contributed by atoms with Crippen molar-refractivity contribution in [1.82, 2.24) is 9.78 Å². The number of carbonyl (C=O) groups is 1. The summed E-state index contributed by atoms with van der Waals surface area (Å²) in [6.07, 6.45) is 0. The lowest BCUT2D eigenvalue weighted by atomic mass is 10.0. The molecular weight excluding hydrogens is 390 g/mol. The monoisotopic (exact) mass is 415 g/mol. The van der Waals surface area contributed by atoms with Crippen LogP contribution in [0, 0.1) is 0 Å². The van der Waals surface area contributed by atoms with Gasteiger partial charge < -0.3 is 15.6 Å². The molecule has 0 aliphatic carbocycles. The molecule has 0 fully saturated rings. The zero-order valence-electron chi connectivity index (χ0n) is 17.6. The van der Waals surface area contributed by atoms with Crippen molar-refractivity contribution < 1.29 is 14.6 Å². The number of fused-ring (bicyclic) bond motifs is 1. The number of aromatic carboxylic acids is 1. The molecule has 0 unspecified atom stereocenters. The number of hydrogen-bond acceptors (Lipinski definition) is 4. The molecule has 0 aliphatic rings. The highest BCUT2D eigenvalue weighted by Gasteiger charge is 2.16. The Balaban J connectivity index is 1.74. The summed E-state index contributed by atoms with van der Waals surface area (Å²) in [5, 5.41) is 15.2. The zero-order chi connectivity index (χ0) is 22.0. The standard InChI is InChI=1S/C25H25N3O3/c1-16(2)28-23-11-10-19(18-7-5-6-17(12-18)14-26)13-21(23)22(27-28)15-31-24-9-4-3-8-20(24)25(29)30/h3-13,16H,14-15,26H2,1-2H3,(H,29,30). The number of benzene rings is 3. The van der Waals surface area contributed by atoms with Crippen molar-refractivity contribution in [2.75, 3.05) is 0 Å². The molecule has 0 bridgehead atoms. The quantitative estimate of drug-likeness (QED) is 0.442. The summed E-state index contributed by atoms with van der Waals surface area (Å²) in [4.78, 5) is 11.5. The number of ether oxygens (including phenoxy) is 1. The third-order valence-corrected chi connectivity index (χ3v) is 5.25. The number of rotatable bonds is 7. The smallest absolute Gasteiger partial charge is 0.339 e. The molecule has 1 heterocycles. The van der Waals surface area contributed by atoms with Gasteiger partial charge in [0.1, 0.15) is 23.6 Å². The molecular formula is C25H25N3O3. The molecule has 0 aliphatic heterocycles. The summed E-state index contributed by atoms with van der Waals surface area (Å²) in [6.45, 7) is 4.82. The Bertz CT molecular complexity index is 1240. The second-order valence-corrected chi connectivity index (χ2v) is 7.71. The first-order chi connectivity index (χ1) is 15.0. The number of para-hydroxylation sites is 1. The fourth-order valence-corrected chi connectivity index (χ4v) is 3.68. The molecule has 0 radical (unpaired) electrons. The van der Waals surface area contributed by atoms with Gasteiger partial charge in [0.25, 0.3) is 0 Å². The van der Waals surface area contributed by atoms with E-state index in [4.69, 9.17) is 15.6 Å². The Kier molecular flexibility index (Phi) is 5.73. The normalized spacial score (nSPS) is 11.2. The summed E-state index contributed by atoms with van der Waals surface area (Å²) >= 11 is 0. The molecule has 6 heteroatoms. The van der Waals surface area contributed by atoms with Crippen LogP contribution < -0.4 is 10.5 Å². The van der Waals surface area contributed by atoms with E-state index in [-0.39, 0.29) is 18.2 Å². The summed E-state index contributed by atoms with van der Waals surface area (Å²) in [5.74, 6) is -0.690. The fraction of sp³-hybridized carbons (Fsp3) is 0.200. The highest BCUT2D eigenvalue weighted by molar-refractivity contribution is 5.91. The van der Waals surface area contributed by atoms with Crippen molar-refractivity contribution >= 4 is 16.9 Å². The van der Waals surface area contributed by atoms with Crippen LogP contribution in [0.5, 0.6) is 5.75 Å². The van der Waals surface area contributed by atoms with Crippen LogP contribution in [0.2, 0.25) is 0 Å². The SMILES string of the molecule is CC(C)n1nc(COc2ccccc2C(=O)O)c2cc(-c3cccc(CN)c3)ccc21. The van der Waals surface area contributed by atoms with Crippen molar-refractivity contribution in [1.29, 1.82) is 0 Å². The topological polar surface area (TPSA) is 90.4 Å². The van der Waals surface area contributed by atoms with Gasteiger partial charge >= 0.3 is 5.97 Å². The maximum atomic E-state index is 11.5. The van der Waals surface area contributed by atoms with Crippen LogP contribution in [0.4, 0.5) is 0 Å². The Morgan fingerprint density at radius 1 is 1.06 bits per heavy atom. The van der Waals surface area contributed by atoms with Crippen molar-refractivity contribution in [3.05, 3.63) is 83.6 Å². The summed E-state index contributed by atoms with van der Waals surface area (Å²) in [5.41, 5.74) is 10.9. The number of hydrogen-bond donors (Lipinski definition) is 2. The molecule has 31 heavy (non-hydrogen) atoms. The van der Waals surface area contributed by atoms with Crippen molar-refractivity contribution in [3.63, 3.8) is 0 Å². The van der Waals surface area contributed by atoms with Crippen molar-refractivity contribution in [3.8, 4) is 16.9 Å². The predicted octanol–water partition coefficient (Wildman–Crippen LogP) is 5.02. The molecule has 4 rings (SSSR count). The number of carboxylic acid groups (broad SMARTS) is 1. The molecule has 0 amide bonds. The predicted molar refractivity (Wildman–Crippen MR) is 121 cm³/mol. The van der Waals surface area contributed by atoms with Crippen LogP contribution in [-0.4, -0.2) is 20.9 Å². The summed E-state index contributed by atoms with van der Waals surface area (Å²) in [7, 11) is 0. The zero-order valence-corrected chi connectivity index (χ0v) is 17.6. The van der Waals surface area contributed by atoms with E-state index in [0.717, 1.165) is 33.3 Å². The molecule has 4 aromatic rings. The van der Waals surface area contributed by atoms with Crippen LogP contribution in [0.15, 0.2) is 66.7 Å². The molecule has 0 spiro atoms. The second-order valence-electron chi connectivity index (χ2n) is 7.71. The maximum Gasteiger partial charge on any atom is 0.339 e. The van der Waals surface area contributed by atoms with E-state index in [1.165, 1.54) is 6.07 Å². The molecule has 0 saturated carbocycles. The largest absolute Gasteiger partial charge is 0.486 e. The third-order valence-electron chi connectivity index (χ3n) is 5.25. The summed E-state index contributed by atoms with van der Waals surface area (Å²) in [6, 6.07) is 21.2. The van der Waals surface area contributed by atoms with E-state index in [2.05, 4.69) is 44.2 Å². The first-order valence-electron chi connectivity index (χ1n) is 10.2. The Morgan fingerprint density at radius 3 is 2.58 bits per heavy atom. The van der Waals surface area contributed by atoms with Crippen LogP contribution in [0.25, 0.3) is 22.0 Å². The van der Waals surface area contributed by atoms with Crippen LogP contribution in [-0.2, 0) is 13.2 Å². The summed E-state index contributed by atoms with van der Waals surface area (Å²) < 4.78 is 7.86. The maximum absolute atomic E-state index is 11.5. The second kappa shape index (κ2) is 8.62. The van der Waals surface area contributed by atoms with Crippen molar-refractivity contribution in [2.24, 2.45) is 5.73 Å². The van der Waals surface area contributed by atoms with Gasteiger partial charge in [-0.25, -0.2) is 4.79 Å². The van der Waals surface area contributed by atoms with E-state index in [1.54, 1.807) is 18.2 Å². The van der Waals surface area contributed by atoms with Gasteiger partial charge in [0.2, 0.25) is 0 Å². The van der Waals surface area contributed by atoms with Gasteiger partial charge in [-0.2, -0.15) is 5.10 Å². The lowest BCUT2D eigenvalue weighted by Gasteiger charge is -2.08. The Morgan fingerprint density at radius 2 is 1.84 bits per heavy atom.